The van der Waals surface area contributed by atoms with Crippen molar-refractivity contribution in [3.8, 4) is 0 Å². The third kappa shape index (κ3) is 18.4. The van der Waals surface area contributed by atoms with Crippen molar-refractivity contribution in [2.24, 2.45) is 34.9 Å². The summed E-state index contributed by atoms with van der Waals surface area (Å²) in [6, 6.07) is 16.4. The average Bonchev–Trinajstić information content (AvgIpc) is 4.45. The minimum atomic E-state index is 0.656. The van der Waals surface area contributed by atoms with Crippen molar-refractivity contribution in [2.45, 2.75) is 90.0 Å². The zero-order valence-electron chi connectivity index (χ0n) is 50.1. The van der Waals surface area contributed by atoms with Gasteiger partial charge in [0.15, 0.2) is 11.5 Å². The molecule has 8 heterocycles. The molecule has 10 rings (SSSR count). The molecule has 0 aliphatic rings. The van der Waals surface area contributed by atoms with Crippen LogP contribution in [0.5, 0.6) is 0 Å². The van der Waals surface area contributed by atoms with Crippen molar-refractivity contribution in [2.75, 3.05) is 49.3 Å². The molecule has 0 atom stereocenters. The smallest absolute Gasteiger partial charge is 0.185 e. The van der Waals surface area contributed by atoms with Gasteiger partial charge in [0.1, 0.15) is 64.5 Å². The van der Waals surface area contributed by atoms with Crippen molar-refractivity contribution >= 4 is 73.9 Å². The van der Waals surface area contributed by atoms with E-state index in [1.54, 1.807) is 99.9 Å². The first-order chi connectivity index (χ1) is 38.7. The number of tetrazole rings is 1. The molecule has 0 aliphatic carbocycles. The summed E-state index contributed by atoms with van der Waals surface area (Å²) >= 11 is 0. The molecule has 81 heavy (non-hydrogen) atoms. The number of hydrogen-bond donors (Lipinski definition) is 0. The number of pyridine rings is 1. The number of nitrogens with zero attached hydrogens (tertiary/aromatic N) is 28. The van der Waals surface area contributed by atoms with E-state index in [2.05, 4.69) is 132 Å². The summed E-state index contributed by atoms with van der Waals surface area (Å²) in [5.41, 5.74) is 10.3. The van der Waals surface area contributed by atoms with Gasteiger partial charge < -0.3 is 0 Å². The van der Waals surface area contributed by atoms with Gasteiger partial charge in [0.2, 0.25) is 0 Å². The molecule has 0 saturated heterocycles. The Morgan fingerprint density at radius 2 is 1.01 bits per heavy atom. The van der Waals surface area contributed by atoms with Crippen molar-refractivity contribution in [3.63, 3.8) is 0 Å². The predicted octanol–water partition coefficient (Wildman–Crippen LogP) is 6.53. The molecule has 0 unspecified atom stereocenters. The van der Waals surface area contributed by atoms with Crippen LogP contribution >= 0.6 is 0 Å². The van der Waals surface area contributed by atoms with Gasteiger partial charge in [-0.15, -0.1) is 30.3 Å². The second kappa shape index (κ2) is 31.5. The van der Waals surface area contributed by atoms with Crippen molar-refractivity contribution in [3.05, 3.63) is 120 Å². The molecule has 10 aromatic rings. The molecule has 426 valence electrons. The summed E-state index contributed by atoms with van der Waals surface area (Å²) < 4.78 is 10.3. The lowest BCUT2D eigenvalue weighted by Gasteiger charge is -2.01. The summed E-state index contributed by atoms with van der Waals surface area (Å²) in [5.74, 6) is 6.53. The highest BCUT2D eigenvalue weighted by atomic mass is 15.6. The molecule has 8 aromatic heterocycles. The fourth-order valence-electron chi connectivity index (χ4n) is 6.63. The molecule has 0 bridgehead atoms. The maximum absolute atomic E-state index is 4.29. The van der Waals surface area contributed by atoms with Gasteiger partial charge in [-0.3, -0.25) is 34.9 Å². The number of fused-ring (bicyclic) bond motifs is 3. The summed E-state index contributed by atoms with van der Waals surface area (Å²) in [4.78, 5) is 37.4. The Bertz CT molecular complexity index is 3500. The van der Waals surface area contributed by atoms with Gasteiger partial charge in [-0.05, 0) is 143 Å². The highest BCUT2D eigenvalue weighted by molar-refractivity contribution is 5.93. The fourth-order valence-corrected chi connectivity index (χ4v) is 6.63. The molecule has 2 aromatic carbocycles. The summed E-state index contributed by atoms with van der Waals surface area (Å²) in [6.45, 7) is 25.1. The monoisotopic (exact) mass is 1100 g/mol. The Balaban J connectivity index is 0.000000205. The normalized spacial score (nSPS) is 12.2. The lowest BCUT2D eigenvalue weighted by molar-refractivity contribution is 0.755. The van der Waals surface area contributed by atoms with Gasteiger partial charge in [-0.1, -0.05) is 33.3 Å². The van der Waals surface area contributed by atoms with E-state index in [1.165, 1.54) is 22.3 Å². The van der Waals surface area contributed by atoms with Crippen LogP contribution in [0, 0.1) is 41.5 Å². The Morgan fingerprint density at radius 3 is 1.57 bits per heavy atom. The zero-order chi connectivity index (χ0) is 59.8. The van der Waals surface area contributed by atoms with E-state index in [0.717, 1.165) is 90.9 Å². The largest absolute Gasteiger partial charge is 0.274 e. The molecule has 0 fully saturated rings. The fraction of sp³-hybridized carbons (Fsp3) is 0.377. The highest BCUT2D eigenvalue weighted by Crippen LogP contribution is 2.16. The standard InChI is InChI=1S/C11H13N3.C10H12N4.C9H11N5.C8H13N3.C5H9N5.2C5H8N4/c1-8-4-5-11-10(6-8)7-13-14(11)9(2)12-3;1-7-4-5-10-9(6-7)12-13-14(10)8(2)11-3;1-6-4-8-9(11-5-6)14(13-12-8)7(2)10-3;1-6-5-7(2)11(10-6)8(3)9-4;1-4-7-9-10(8-4)5(2)6-3;1-5(6-2)9-4-7-3-8-9;1-5(6-2)9-4-3-7-8-9/h4-7H,1-3H3;4-6H,1-3H3;4-5H,1-3H3;5H,1-4H3;1-3H3;2*3-4H,1-2H3. The first-order valence-electron chi connectivity index (χ1n) is 25.3. The second-order valence-corrected chi connectivity index (χ2v) is 17.5. The lowest BCUT2D eigenvalue weighted by atomic mass is 10.2. The molecule has 0 aliphatic heterocycles. The van der Waals surface area contributed by atoms with Crippen LogP contribution in [0.25, 0.3) is 33.1 Å². The zero-order valence-corrected chi connectivity index (χ0v) is 50.1. The van der Waals surface area contributed by atoms with Gasteiger partial charge in [0.05, 0.1) is 35.3 Å². The van der Waals surface area contributed by atoms with E-state index in [1.807, 2.05) is 122 Å². The van der Waals surface area contributed by atoms with Gasteiger partial charge in [0.25, 0.3) is 0 Å². The van der Waals surface area contributed by atoms with E-state index >= 15 is 0 Å². The second-order valence-electron chi connectivity index (χ2n) is 17.5. The number of rotatable bonds is 0. The van der Waals surface area contributed by atoms with E-state index < -0.39 is 0 Å². The number of benzene rings is 2. The molecule has 0 amide bonds. The van der Waals surface area contributed by atoms with Gasteiger partial charge in [0, 0.05) is 66.6 Å². The molecule has 28 heteroatoms. The molecular formula is C53H74N28. The van der Waals surface area contributed by atoms with Gasteiger partial charge in [-0.2, -0.15) is 24.7 Å². The van der Waals surface area contributed by atoms with Crippen LogP contribution in [0.2, 0.25) is 0 Å². The van der Waals surface area contributed by atoms with E-state index in [4.69, 9.17) is 0 Å². The van der Waals surface area contributed by atoms with Crippen LogP contribution in [-0.2, 0) is 0 Å². The molecule has 28 nitrogen and oxygen atoms in total. The molecule has 0 N–H and O–H groups in total. The Morgan fingerprint density at radius 1 is 0.457 bits per heavy atom. The predicted molar refractivity (Wildman–Crippen MR) is 322 cm³/mol. The maximum Gasteiger partial charge on any atom is 0.185 e. The SMILES string of the molecule is CN=C(C)n1ccnn1.CN=C(C)n1cncn1.CN=C(C)n1nc(C)cc1C.CN=C(C)n1ncc2cc(C)ccc21.CN=C(C)n1nnc(C)n1.CN=C(C)n1nnc2cc(C)ccc21.CN=C(C)n1nnc2cc(C)cnc21. The van der Waals surface area contributed by atoms with Crippen LogP contribution in [0.1, 0.15) is 82.4 Å². The molecule has 0 saturated carbocycles. The molecular weight excluding hydrogens is 1030 g/mol. The maximum atomic E-state index is 4.29. The number of aryl methyl sites for hydroxylation is 6. The first kappa shape index (κ1) is 63.6. The van der Waals surface area contributed by atoms with Gasteiger partial charge >= 0.3 is 0 Å². The third-order valence-corrected chi connectivity index (χ3v) is 11.6. The van der Waals surface area contributed by atoms with Crippen LogP contribution < -0.4 is 0 Å². The number of aliphatic imine (C=N–C) groups is 7. The third-order valence-electron chi connectivity index (χ3n) is 11.6. The van der Waals surface area contributed by atoms with Crippen LogP contribution in [0.15, 0.2) is 121 Å². The molecule has 0 radical (unpaired) electrons. The number of hydrogen-bond acceptors (Lipinski definition) is 21. The quantitative estimate of drug-likeness (QED) is 0.115. The van der Waals surface area contributed by atoms with E-state index in [9.17, 15) is 0 Å². The minimum Gasteiger partial charge on any atom is -0.274 e. The van der Waals surface area contributed by atoms with E-state index in [0.29, 0.717) is 5.82 Å². The topological polar surface area (TPSA) is 301 Å². The Kier molecular flexibility index (Phi) is 24.7. The Labute approximate surface area is 471 Å². The van der Waals surface area contributed by atoms with Crippen molar-refractivity contribution < 1.29 is 0 Å². The molecule has 0 spiro atoms. The van der Waals surface area contributed by atoms with Crippen molar-refractivity contribution in [1.29, 1.82) is 0 Å². The van der Waals surface area contributed by atoms with E-state index in [-0.39, 0.29) is 0 Å². The van der Waals surface area contributed by atoms with Crippen LogP contribution in [0.4, 0.5) is 0 Å². The van der Waals surface area contributed by atoms with Crippen molar-refractivity contribution in [1.82, 2.24) is 104 Å². The average molecular weight is 1100 g/mol. The first-order valence-corrected chi connectivity index (χ1v) is 25.3. The lowest BCUT2D eigenvalue weighted by Crippen LogP contribution is -2.11. The van der Waals surface area contributed by atoms with Crippen LogP contribution in [-0.4, -0.2) is 195 Å². The van der Waals surface area contributed by atoms with Gasteiger partial charge in [-0.25, -0.2) is 28.7 Å². The van der Waals surface area contributed by atoms with Crippen LogP contribution in [0.3, 0.4) is 0 Å². The Hall–Kier alpha value is -9.89. The highest BCUT2D eigenvalue weighted by Gasteiger charge is 2.09. The number of aromatic nitrogens is 21. The summed E-state index contributed by atoms with van der Waals surface area (Å²) in [6.07, 6.45) is 10.1. The summed E-state index contributed by atoms with van der Waals surface area (Å²) in [5, 5.41) is 48.4. The minimum absolute atomic E-state index is 0.656. The summed E-state index contributed by atoms with van der Waals surface area (Å²) in [7, 11) is 12.1.